The number of aryl methyl sites for hydroxylation is 1. The average molecular weight is 282 g/mol. The van der Waals surface area contributed by atoms with Crippen molar-refractivity contribution in [2.45, 2.75) is 32.9 Å². The Kier molecular flexibility index (Phi) is 7.51. The van der Waals surface area contributed by atoms with Crippen LogP contribution < -0.4 is 4.90 Å². The average Bonchev–Trinajstić information content (AvgIpc) is 2.47. The summed E-state index contributed by atoms with van der Waals surface area (Å²) in [4.78, 5) is 6.82. The number of anilines is 1. The Labute approximate surface area is 121 Å². The Bertz CT molecular complexity index is 376. The second-order valence-electron chi connectivity index (χ2n) is 4.83. The summed E-state index contributed by atoms with van der Waals surface area (Å²) in [6, 6.07) is 4.07. The van der Waals surface area contributed by atoms with Gasteiger partial charge in [0.1, 0.15) is 5.82 Å². The van der Waals surface area contributed by atoms with E-state index in [1.54, 1.807) is 14.2 Å². The lowest BCUT2D eigenvalue weighted by Gasteiger charge is -2.30. The van der Waals surface area contributed by atoms with Gasteiger partial charge in [0.15, 0.2) is 0 Å². The molecule has 0 aliphatic rings. The van der Waals surface area contributed by atoms with Crippen molar-refractivity contribution < 1.29 is 14.6 Å². The van der Waals surface area contributed by atoms with Crippen molar-refractivity contribution in [3.05, 3.63) is 23.4 Å². The number of hydrogen-bond donors (Lipinski definition) is 1. The van der Waals surface area contributed by atoms with Crippen molar-refractivity contribution in [2.75, 3.05) is 38.9 Å². The number of rotatable bonds is 9. The van der Waals surface area contributed by atoms with Gasteiger partial charge in [-0.25, -0.2) is 4.98 Å². The molecule has 1 aromatic rings. The predicted octanol–water partition coefficient (Wildman–Crippen LogP) is 1.62. The number of hydrogen-bond acceptors (Lipinski definition) is 5. The highest BCUT2D eigenvalue weighted by molar-refractivity contribution is 5.43. The standard InChI is InChI=1S/C15H26N2O3/c1-5-14-8-13(10-18)9-15(16-14)17(6-7-19-3)12(2)11-20-4/h8-9,12,18H,5-7,10-11H2,1-4H3. The summed E-state index contributed by atoms with van der Waals surface area (Å²) in [5.41, 5.74) is 1.87. The zero-order valence-electron chi connectivity index (χ0n) is 12.9. The summed E-state index contributed by atoms with van der Waals surface area (Å²) in [5, 5.41) is 9.39. The van der Waals surface area contributed by atoms with Crippen LogP contribution in [0.15, 0.2) is 12.1 Å². The molecule has 5 heteroatoms. The van der Waals surface area contributed by atoms with Gasteiger partial charge in [-0.05, 0) is 31.0 Å². The molecule has 0 saturated heterocycles. The molecule has 0 aliphatic heterocycles. The number of aliphatic hydroxyl groups excluding tert-OH is 1. The number of methoxy groups -OCH3 is 2. The lowest BCUT2D eigenvalue weighted by molar-refractivity contribution is 0.170. The molecule has 0 radical (unpaired) electrons. The lowest BCUT2D eigenvalue weighted by Crippen LogP contribution is -2.39. The summed E-state index contributed by atoms with van der Waals surface area (Å²) in [5.74, 6) is 0.870. The molecule has 5 nitrogen and oxygen atoms in total. The second-order valence-corrected chi connectivity index (χ2v) is 4.83. The van der Waals surface area contributed by atoms with Crippen LogP contribution in [0.25, 0.3) is 0 Å². The number of pyridine rings is 1. The van der Waals surface area contributed by atoms with Crippen molar-refractivity contribution in [2.24, 2.45) is 0 Å². The van der Waals surface area contributed by atoms with Crippen LogP contribution in [0.5, 0.6) is 0 Å². The largest absolute Gasteiger partial charge is 0.392 e. The van der Waals surface area contributed by atoms with Crippen LogP contribution in [0.1, 0.15) is 25.1 Å². The third-order valence-electron chi connectivity index (χ3n) is 3.24. The topological polar surface area (TPSA) is 54.8 Å². The highest BCUT2D eigenvalue weighted by Gasteiger charge is 2.16. The van der Waals surface area contributed by atoms with Crippen molar-refractivity contribution in [3.63, 3.8) is 0 Å². The van der Waals surface area contributed by atoms with Crippen LogP contribution >= 0.6 is 0 Å². The van der Waals surface area contributed by atoms with E-state index in [-0.39, 0.29) is 12.6 Å². The van der Waals surface area contributed by atoms with Gasteiger partial charge in [-0.1, -0.05) is 6.92 Å². The van der Waals surface area contributed by atoms with E-state index in [4.69, 9.17) is 9.47 Å². The van der Waals surface area contributed by atoms with Gasteiger partial charge in [0.2, 0.25) is 0 Å². The third kappa shape index (κ3) is 4.74. The molecular formula is C15H26N2O3. The number of aliphatic hydroxyl groups is 1. The minimum absolute atomic E-state index is 0.0271. The number of ether oxygens (including phenoxy) is 2. The van der Waals surface area contributed by atoms with Crippen LogP contribution in [-0.2, 0) is 22.5 Å². The molecule has 1 atom stereocenters. The fourth-order valence-corrected chi connectivity index (χ4v) is 2.13. The molecule has 114 valence electrons. The van der Waals surface area contributed by atoms with E-state index in [2.05, 4.69) is 23.7 Å². The molecule has 0 spiro atoms. The first kappa shape index (κ1) is 16.9. The molecule has 1 aromatic heterocycles. The van der Waals surface area contributed by atoms with Crippen LogP contribution in [0, 0.1) is 0 Å². The van der Waals surface area contributed by atoms with Crippen LogP contribution in [0.2, 0.25) is 0 Å². The Morgan fingerprint density at radius 3 is 2.60 bits per heavy atom. The highest BCUT2D eigenvalue weighted by atomic mass is 16.5. The van der Waals surface area contributed by atoms with Gasteiger partial charge in [-0.3, -0.25) is 0 Å². The molecule has 1 rings (SSSR count). The van der Waals surface area contributed by atoms with E-state index in [0.717, 1.165) is 30.0 Å². The minimum atomic E-state index is 0.0271. The Morgan fingerprint density at radius 2 is 2.05 bits per heavy atom. The monoisotopic (exact) mass is 282 g/mol. The van der Waals surface area contributed by atoms with E-state index in [1.165, 1.54) is 0 Å². The van der Waals surface area contributed by atoms with Gasteiger partial charge in [0.05, 0.1) is 25.9 Å². The van der Waals surface area contributed by atoms with Crippen LogP contribution in [-0.4, -0.2) is 50.1 Å². The fraction of sp³-hybridized carbons (Fsp3) is 0.667. The Balaban J connectivity index is 3.04. The molecule has 0 fully saturated rings. The smallest absolute Gasteiger partial charge is 0.129 e. The molecule has 1 heterocycles. The van der Waals surface area contributed by atoms with Crippen LogP contribution in [0.3, 0.4) is 0 Å². The van der Waals surface area contributed by atoms with Gasteiger partial charge < -0.3 is 19.5 Å². The van der Waals surface area contributed by atoms with Crippen molar-refractivity contribution in [3.8, 4) is 0 Å². The molecular weight excluding hydrogens is 256 g/mol. The summed E-state index contributed by atoms with van der Waals surface area (Å²) in [7, 11) is 3.38. The van der Waals surface area contributed by atoms with E-state index < -0.39 is 0 Å². The molecule has 1 unspecified atom stereocenters. The molecule has 0 bridgehead atoms. The Hall–Kier alpha value is -1.17. The first-order chi connectivity index (χ1) is 9.65. The van der Waals surface area contributed by atoms with E-state index in [1.807, 2.05) is 12.1 Å². The normalized spacial score (nSPS) is 12.4. The number of nitrogens with zero attached hydrogens (tertiary/aromatic N) is 2. The van der Waals surface area contributed by atoms with Gasteiger partial charge >= 0.3 is 0 Å². The fourth-order valence-electron chi connectivity index (χ4n) is 2.13. The second kappa shape index (κ2) is 8.89. The summed E-state index contributed by atoms with van der Waals surface area (Å²) in [6.45, 7) is 6.17. The first-order valence-electron chi connectivity index (χ1n) is 7.01. The van der Waals surface area contributed by atoms with Crippen molar-refractivity contribution >= 4 is 5.82 Å². The predicted molar refractivity (Wildman–Crippen MR) is 80.1 cm³/mol. The first-order valence-corrected chi connectivity index (χ1v) is 7.01. The third-order valence-corrected chi connectivity index (χ3v) is 3.24. The van der Waals surface area contributed by atoms with Gasteiger partial charge in [0.25, 0.3) is 0 Å². The SMILES string of the molecule is CCc1cc(CO)cc(N(CCOC)C(C)COC)n1. The quantitative estimate of drug-likeness (QED) is 0.746. The molecule has 0 aliphatic carbocycles. The van der Waals surface area contributed by atoms with Gasteiger partial charge in [-0.15, -0.1) is 0 Å². The summed E-state index contributed by atoms with van der Waals surface area (Å²) >= 11 is 0. The van der Waals surface area contributed by atoms with Gasteiger partial charge in [0, 0.05) is 26.5 Å². The molecule has 20 heavy (non-hydrogen) atoms. The lowest BCUT2D eigenvalue weighted by atomic mass is 10.2. The zero-order chi connectivity index (χ0) is 15.0. The maximum Gasteiger partial charge on any atom is 0.129 e. The molecule has 0 aromatic carbocycles. The van der Waals surface area contributed by atoms with Crippen molar-refractivity contribution in [1.82, 2.24) is 4.98 Å². The van der Waals surface area contributed by atoms with E-state index in [0.29, 0.717) is 13.2 Å². The highest BCUT2D eigenvalue weighted by Crippen LogP contribution is 2.18. The summed E-state index contributed by atoms with van der Waals surface area (Å²) < 4.78 is 10.4. The summed E-state index contributed by atoms with van der Waals surface area (Å²) in [6.07, 6.45) is 0.845. The van der Waals surface area contributed by atoms with Crippen molar-refractivity contribution in [1.29, 1.82) is 0 Å². The van der Waals surface area contributed by atoms with E-state index >= 15 is 0 Å². The molecule has 0 saturated carbocycles. The minimum Gasteiger partial charge on any atom is -0.392 e. The number of aromatic nitrogens is 1. The molecule has 1 N–H and O–H groups in total. The molecule has 0 amide bonds. The van der Waals surface area contributed by atoms with Crippen LogP contribution in [0.4, 0.5) is 5.82 Å². The maximum absolute atomic E-state index is 9.39. The maximum atomic E-state index is 9.39. The Morgan fingerprint density at radius 1 is 1.30 bits per heavy atom. The van der Waals surface area contributed by atoms with E-state index in [9.17, 15) is 5.11 Å². The van der Waals surface area contributed by atoms with Gasteiger partial charge in [-0.2, -0.15) is 0 Å². The zero-order valence-corrected chi connectivity index (χ0v) is 12.9.